The number of H-pyrrole nitrogens is 1. The monoisotopic (exact) mass is 333 g/mol. The van der Waals surface area contributed by atoms with E-state index in [2.05, 4.69) is 57.6 Å². The number of benzene rings is 2. The van der Waals surface area contributed by atoms with Gasteiger partial charge < -0.3 is 4.74 Å². The lowest BCUT2D eigenvalue weighted by molar-refractivity contribution is 0.140. The Hall–Kier alpha value is -2.43. The molecule has 0 radical (unpaired) electrons. The second kappa shape index (κ2) is 7.64. The highest BCUT2D eigenvalue weighted by atomic mass is 16.5. The third-order valence-electron chi connectivity index (χ3n) is 4.63. The van der Waals surface area contributed by atoms with Gasteiger partial charge in [-0.15, -0.1) is 0 Å². The quantitative estimate of drug-likeness (QED) is 0.786. The third kappa shape index (κ3) is 3.98. The molecular formula is C21H23N3O. The van der Waals surface area contributed by atoms with Crippen LogP contribution in [0.5, 0.6) is 0 Å². The summed E-state index contributed by atoms with van der Waals surface area (Å²) in [5.74, 6) is 0. The summed E-state index contributed by atoms with van der Waals surface area (Å²) < 4.78 is 5.52. The van der Waals surface area contributed by atoms with Crippen LogP contribution >= 0.6 is 0 Å². The molecule has 1 aliphatic rings. The molecule has 4 rings (SSSR count). The van der Waals surface area contributed by atoms with Crippen LogP contribution in [-0.4, -0.2) is 41.4 Å². The van der Waals surface area contributed by atoms with E-state index in [-0.39, 0.29) is 0 Å². The Bertz CT molecular complexity index is 843. The van der Waals surface area contributed by atoms with Gasteiger partial charge in [-0.25, -0.2) is 0 Å². The maximum Gasteiger partial charge on any atom is 0.0927 e. The molecule has 0 saturated carbocycles. The number of hydrogen-bond donors (Lipinski definition) is 1. The first-order valence-electron chi connectivity index (χ1n) is 8.89. The minimum Gasteiger partial charge on any atom is -0.380 e. The third-order valence-corrected chi connectivity index (χ3v) is 4.63. The minimum atomic E-state index is 0.846. The summed E-state index contributed by atoms with van der Waals surface area (Å²) in [7, 11) is 0. The van der Waals surface area contributed by atoms with E-state index in [0.29, 0.717) is 0 Å². The van der Waals surface area contributed by atoms with Gasteiger partial charge in [-0.2, -0.15) is 5.10 Å². The fraction of sp³-hybridized carbons (Fsp3) is 0.286. The lowest BCUT2D eigenvalue weighted by atomic mass is 10.1. The minimum absolute atomic E-state index is 0.846. The van der Waals surface area contributed by atoms with Gasteiger partial charge in [0.15, 0.2) is 0 Å². The molecule has 1 aromatic heterocycles. The van der Waals surface area contributed by atoms with Crippen LogP contribution in [0.3, 0.4) is 0 Å². The second-order valence-corrected chi connectivity index (χ2v) is 6.47. The lowest BCUT2D eigenvalue weighted by Gasteiger charge is -2.18. The van der Waals surface area contributed by atoms with Gasteiger partial charge in [0.1, 0.15) is 0 Å². The van der Waals surface area contributed by atoms with Crippen molar-refractivity contribution in [1.82, 2.24) is 15.1 Å². The Balaban J connectivity index is 1.43. The molecule has 1 N–H and O–H groups in total. The summed E-state index contributed by atoms with van der Waals surface area (Å²) >= 11 is 0. The fourth-order valence-electron chi connectivity index (χ4n) is 3.24. The normalized spacial score (nSPS) is 16.5. The van der Waals surface area contributed by atoms with Gasteiger partial charge in [0.25, 0.3) is 0 Å². The summed E-state index contributed by atoms with van der Waals surface area (Å²) in [5.41, 5.74) is 4.59. The number of hydrogen-bond acceptors (Lipinski definition) is 3. The molecule has 3 aromatic rings. The summed E-state index contributed by atoms with van der Waals surface area (Å²) in [6, 6.07) is 17.0. The second-order valence-electron chi connectivity index (χ2n) is 6.47. The summed E-state index contributed by atoms with van der Waals surface area (Å²) in [6.07, 6.45) is 5.31. The van der Waals surface area contributed by atoms with Crippen molar-refractivity contribution in [2.24, 2.45) is 0 Å². The molecule has 4 heteroatoms. The van der Waals surface area contributed by atoms with Gasteiger partial charge in [0, 0.05) is 31.6 Å². The molecule has 0 bridgehead atoms. The largest absolute Gasteiger partial charge is 0.380 e. The van der Waals surface area contributed by atoms with Crippen molar-refractivity contribution < 1.29 is 4.74 Å². The van der Waals surface area contributed by atoms with Crippen LogP contribution in [0.25, 0.3) is 23.1 Å². The molecule has 2 heterocycles. The number of aromatic amines is 1. The number of ether oxygens (including phenoxy) is 1. The van der Waals surface area contributed by atoms with Crippen molar-refractivity contribution in [2.75, 3.05) is 26.3 Å². The SMILES string of the molecule is C(=C\c1n[nH]c2ccccc12)/c1ccc(CN2CCCOCC2)cc1. The standard InChI is InChI=1S/C21H23N3O/c1-2-5-20-19(4-1)21(23-22-20)11-10-17-6-8-18(9-7-17)16-24-12-3-14-25-15-13-24/h1-2,4-11H,3,12-16H2,(H,22,23)/b11-10+. The number of nitrogens with one attached hydrogen (secondary N) is 1. The lowest BCUT2D eigenvalue weighted by Crippen LogP contribution is -2.25. The molecule has 128 valence electrons. The zero-order valence-electron chi connectivity index (χ0n) is 14.3. The first kappa shape index (κ1) is 16.1. The van der Waals surface area contributed by atoms with E-state index in [1.54, 1.807) is 0 Å². The first-order chi connectivity index (χ1) is 12.4. The van der Waals surface area contributed by atoms with E-state index in [1.165, 1.54) is 11.1 Å². The Labute approximate surface area is 148 Å². The van der Waals surface area contributed by atoms with Crippen LogP contribution in [0.4, 0.5) is 0 Å². The average molecular weight is 333 g/mol. The van der Waals surface area contributed by atoms with Crippen LogP contribution in [0.15, 0.2) is 48.5 Å². The van der Waals surface area contributed by atoms with E-state index in [1.807, 2.05) is 18.2 Å². The van der Waals surface area contributed by atoms with Gasteiger partial charge in [0.2, 0.25) is 0 Å². The van der Waals surface area contributed by atoms with Crippen molar-refractivity contribution in [1.29, 1.82) is 0 Å². The van der Waals surface area contributed by atoms with Crippen LogP contribution < -0.4 is 0 Å². The molecular weight excluding hydrogens is 310 g/mol. The highest BCUT2D eigenvalue weighted by Gasteiger charge is 2.09. The van der Waals surface area contributed by atoms with Gasteiger partial charge in [-0.1, -0.05) is 48.5 Å². The van der Waals surface area contributed by atoms with E-state index in [9.17, 15) is 0 Å². The molecule has 1 aliphatic heterocycles. The van der Waals surface area contributed by atoms with Crippen LogP contribution in [0.2, 0.25) is 0 Å². The molecule has 1 fully saturated rings. The Kier molecular flexibility index (Phi) is 4.91. The Morgan fingerprint density at radius 1 is 1.00 bits per heavy atom. The summed E-state index contributed by atoms with van der Waals surface area (Å²) in [6.45, 7) is 4.87. The predicted molar refractivity (Wildman–Crippen MR) is 102 cm³/mol. The Morgan fingerprint density at radius 3 is 2.80 bits per heavy atom. The molecule has 2 aromatic carbocycles. The zero-order chi connectivity index (χ0) is 16.9. The molecule has 0 atom stereocenters. The number of aromatic nitrogens is 2. The molecule has 0 unspecified atom stereocenters. The van der Waals surface area contributed by atoms with Crippen molar-refractivity contribution in [3.05, 3.63) is 65.4 Å². The van der Waals surface area contributed by atoms with Crippen molar-refractivity contribution in [3.63, 3.8) is 0 Å². The smallest absolute Gasteiger partial charge is 0.0927 e. The van der Waals surface area contributed by atoms with Crippen molar-refractivity contribution >= 4 is 23.1 Å². The molecule has 0 spiro atoms. The van der Waals surface area contributed by atoms with Gasteiger partial charge >= 0.3 is 0 Å². The topological polar surface area (TPSA) is 41.2 Å². The predicted octanol–water partition coefficient (Wildman–Crippen LogP) is 3.96. The van der Waals surface area contributed by atoms with Crippen LogP contribution in [-0.2, 0) is 11.3 Å². The maximum absolute atomic E-state index is 5.52. The van der Waals surface area contributed by atoms with Crippen LogP contribution in [0, 0.1) is 0 Å². The molecule has 25 heavy (non-hydrogen) atoms. The van der Waals surface area contributed by atoms with Gasteiger partial charge in [-0.05, 0) is 29.7 Å². The van der Waals surface area contributed by atoms with Crippen molar-refractivity contribution in [2.45, 2.75) is 13.0 Å². The fourth-order valence-corrected chi connectivity index (χ4v) is 3.24. The number of para-hydroxylation sites is 1. The molecule has 4 nitrogen and oxygen atoms in total. The first-order valence-corrected chi connectivity index (χ1v) is 8.89. The molecule has 0 aliphatic carbocycles. The van der Waals surface area contributed by atoms with Crippen molar-refractivity contribution in [3.8, 4) is 0 Å². The van der Waals surface area contributed by atoms with Crippen LogP contribution in [0.1, 0.15) is 23.2 Å². The van der Waals surface area contributed by atoms with E-state index in [4.69, 9.17) is 4.74 Å². The average Bonchev–Trinajstić information content (AvgIpc) is 2.89. The van der Waals surface area contributed by atoms with Gasteiger partial charge in [0.05, 0.1) is 17.8 Å². The number of rotatable bonds is 4. The van der Waals surface area contributed by atoms with E-state index >= 15 is 0 Å². The molecule has 1 saturated heterocycles. The maximum atomic E-state index is 5.52. The Morgan fingerprint density at radius 2 is 1.88 bits per heavy atom. The summed E-state index contributed by atoms with van der Waals surface area (Å²) in [4.78, 5) is 2.47. The number of fused-ring (bicyclic) bond motifs is 1. The van der Waals surface area contributed by atoms with Gasteiger partial charge in [-0.3, -0.25) is 10.00 Å². The summed E-state index contributed by atoms with van der Waals surface area (Å²) in [5, 5.41) is 8.60. The van der Waals surface area contributed by atoms with E-state index < -0.39 is 0 Å². The zero-order valence-corrected chi connectivity index (χ0v) is 14.3. The highest BCUT2D eigenvalue weighted by Crippen LogP contribution is 2.18. The van der Waals surface area contributed by atoms with E-state index in [0.717, 1.165) is 55.9 Å². The molecule has 0 amide bonds. The number of nitrogens with zero attached hydrogens (tertiary/aromatic N) is 2. The highest BCUT2D eigenvalue weighted by molar-refractivity contribution is 5.89.